The van der Waals surface area contributed by atoms with Crippen molar-refractivity contribution in [3.05, 3.63) is 35.1 Å². The van der Waals surface area contributed by atoms with Gasteiger partial charge in [-0.3, -0.25) is 10.0 Å². The number of amides is 1. The van der Waals surface area contributed by atoms with E-state index >= 15 is 0 Å². The smallest absolute Gasteiger partial charge is 0.277 e. The lowest BCUT2D eigenvalue weighted by molar-refractivity contribution is 0.0700. The number of carbonyl (C=O) groups excluding carboxylic acids is 1. The van der Waals surface area contributed by atoms with E-state index in [9.17, 15) is 18.0 Å². The summed E-state index contributed by atoms with van der Waals surface area (Å²) in [6.45, 7) is 0. The predicted octanol–water partition coefficient (Wildman–Crippen LogP) is 1.22. The van der Waals surface area contributed by atoms with Crippen LogP contribution >= 0.6 is 0 Å². The molecule has 0 heterocycles. The van der Waals surface area contributed by atoms with E-state index in [2.05, 4.69) is 0 Å². The molecule has 13 heavy (non-hydrogen) atoms. The Morgan fingerprint density at radius 1 is 1.31 bits per heavy atom. The second-order valence-electron chi connectivity index (χ2n) is 2.19. The zero-order valence-corrected chi connectivity index (χ0v) is 6.14. The molecule has 0 aliphatic rings. The molecule has 0 spiro atoms. The Labute approximate surface area is 70.8 Å². The summed E-state index contributed by atoms with van der Waals surface area (Å²) < 4.78 is 37.6. The summed E-state index contributed by atoms with van der Waals surface area (Å²) in [7, 11) is 0. The van der Waals surface area contributed by atoms with E-state index in [0.29, 0.717) is 12.1 Å². The molecular weight excluding hydrogens is 187 g/mol. The maximum atomic E-state index is 12.7. The van der Waals surface area contributed by atoms with Gasteiger partial charge >= 0.3 is 0 Å². The van der Waals surface area contributed by atoms with Crippen molar-refractivity contribution in [2.45, 2.75) is 0 Å². The Morgan fingerprint density at radius 3 is 2.46 bits per heavy atom. The van der Waals surface area contributed by atoms with E-state index in [0.717, 1.165) is 5.48 Å². The number of benzene rings is 1. The van der Waals surface area contributed by atoms with Crippen LogP contribution in [0.15, 0.2) is 12.1 Å². The normalized spacial score (nSPS) is 9.85. The van der Waals surface area contributed by atoms with E-state index in [-0.39, 0.29) is 0 Å². The maximum absolute atomic E-state index is 12.7. The maximum Gasteiger partial charge on any atom is 0.277 e. The molecule has 0 atom stereocenters. The summed E-state index contributed by atoms with van der Waals surface area (Å²) in [5, 5.41) is 8.08. The minimum Gasteiger partial charge on any atom is -0.288 e. The molecule has 0 aliphatic heterocycles. The fraction of sp³-hybridized carbons (Fsp3) is 0. The minimum absolute atomic E-state index is 0.295. The van der Waals surface area contributed by atoms with Gasteiger partial charge in [0.05, 0.1) is 5.56 Å². The molecule has 2 N–H and O–H groups in total. The number of halogens is 3. The van der Waals surface area contributed by atoms with Crippen LogP contribution in [0.2, 0.25) is 0 Å². The van der Waals surface area contributed by atoms with Gasteiger partial charge in [0.25, 0.3) is 5.91 Å². The molecule has 0 aliphatic carbocycles. The summed E-state index contributed by atoms with van der Waals surface area (Å²) in [6.07, 6.45) is 0. The first-order valence-electron chi connectivity index (χ1n) is 3.15. The summed E-state index contributed by atoms with van der Waals surface area (Å²) in [5.74, 6) is -5.40. The number of nitrogens with one attached hydrogen (secondary N) is 1. The molecule has 0 bridgehead atoms. The first-order chi connectivity index (χ1) is 6.06. The van der Waals surface area contributed by atoms with E-state index in [1.165, 1.54) is 0 Å². The van der Waals surface area contributed by atoms with Crippen LogP contribution in [0.3, 0.4) is 0 Å². The lowest BCUT2D eigenvalue weighted by Gasteiger charge is -2.01. The lowest BCUT2D eigenvalue weighted by atomic mass is 10.2. The third-order valence-electron chi connectivity index (χ3n) is 1.34. The van der Waals surface area contributed by atoms with E-state index in [1.54, 1.807) is 0 Å². The van der Waals surface area contributed by atoms with Gasteiger partial charge < -0.3 is 0 Å². The van der Waals surface area contributed by atoms with Crippen LogP contribution in [0.5, 0.6) is 0 Å². The predicted molar refractivity (Wildman–Crippen MR) is 35.6 cm³/mol. The van der Waals surface area contributed by atoms with E-state index in [4.69, 9.17) is 5.21 Å². The highest BCUT2D eigenvalue weighted by molar-refractivity contribution is 5.93. The first kappa shape index (κ1) is 9.53. The molecule has 1 aromatic carbocycles. The van der Waals surface area contributed by atoms with Crippen molar-refractivity contribution in [3.8, 4) is 0 Å². The zero-order valence-electron chi connectivity index (χ0n) is 6.14. The lowest BCUT2D eigenvalue weighted by Crippen LogP contribution is -2.20. The molecule has 1 rings (SSSR count). The molecule has 0 unspecified atom stereocenters. The Balaban J connectivity index is 3.28. The molecule has 1 amide bonds. The van der Waals surface area contributed by atoms with Crippen LogP contribution in [0.25, 0.3) is 0 Å². The van der Waals surface area contributed by atoms with Gasteiger partial charge in [0.2, 0.25) is 0 Å². The standard InChI is InChI=1S/C7H4F3NO2/c8-3-1-4(7(12)11-13)6(10)5(9)2-3/h1-2,13H,(H,11,12). The van der Waals surface area contributed by atoms with Gasteiger partial charge in [-0.15, -0.1) is 0 Å². The quantitative estimate of drug-likeness (QED) is 0.398. The van der Waals surface area contributed by atoms with Gasteiger partial charge in [-0.25, -0.2) is 18.7 Å². The zero-order chi connectivity index (χ0) is 10.0. The van der Waals surface area contributed by atoms with E-state index in [1.807, 2.05) is 0 Å². The van der Waals surface area contributed by atoms with Crippen molar-refractivity contribution in [2.75, 3.05) is 0 Å². The summed E-state index contributed by atoms with van der Waals surface area (Å²) in [6, 6.07) is 0.771. The van der Waals surface area contributed by atoms with Crippen LogP contribution in [-0.2, 0) is 0 Å². The average molecular weight is 191 g/mol. The van der Waals surface area contributed by atoms with Crippen LogP contribution < -0.4 is 5.48 Å². The Morgan fingerprint density at radius 2 is 1.92 bits per heavy atom. The molecule has 0 saturated heterocycles. The largest absolute Gasteiger partial charge is 0.288 e. The molecular formula is C7H4F3NO2. The molecule has 0 fully saturated rings. The second-order valence-corrected chi connectivity index (χ2v) is 2.19. The number of hydroxylamine groups is 1. The average Bonchev–Trinajstić information content (AvgIpc) is 2.10. The van der Waals surface area contributed by atoms with E-state index < -0.39 is 28.9 Å². The number of rotatable bonds is 1. The first-order valence-corrected chi connectivity index (χ1v) is 3.15. The fourth-order valence-electron chi connectivity index (χ4n) is 0.781. The highest BCUT2D eigenvalue weighted by Crippen LogP contribution is 2.13. The third-order valence-corrected chi connectivity index (χ3v) is 1.34. The Bertz CT molecular complexity index is 354. The highest BCUT2D eigenvalue weighted by Gasteiger charge is 2.16. The van der Waals surface area contributed by atoms with Gasteiger partial charge in [-0.2, -0.15) is 0 Å². The monoisotopic (exact) mass is 191 g/mol. The second kappa shape index (κ2) is 3.44. The number of hydrogen-bond donors (Lipinski definition) is 2. The minimum atomic E-state index is -1.51. The van der Waals surface area contributed by atoms with Crippen LogP contribution in [0.1, 0.15) is 10.4 Å². The Kier molecular flexibility index (Phi) is 2.52. The number of hydrogen-bond acceptors (Lipinski definition) is 2. The molecule has 1 aromatic rings. The van der Waals surface area contributed by atoms with Crippen LogP contribution in [-0.4, -0.2) is 11.1 Å². The summed E-state index contributed by atoms with van der Waals surface area (Å²) >= 11 is 0. The van der Waals surface area contributed by atoms with Gasteiger partial charge in [-0.05, 0) is 6.07 Å². The van der Waals surface area contributed by atoms with Gasteiger partial charge in [0.15, 0.2) is 11.6 Å². The van der Waals surface area contributed by atoms with Crippen molar-refractivity contribution < 1.29 is 23.2 Å². The van der Waals surface area contributed by atoms with Crippen LogP contribution in [0, 0.1) is 17.5 Å². The van der Waals surface area contributed by atoms with Gasteiger partial charge in [-0.1, -0.05) is 0 Å². The molecule has 3 nitrogen and oxygen atoms in total. The molecule has 6 heteroatoms. The summed E-state index contributed by atoms with van der Waals surface area (Å²) in [5.41, 5.74) is 0.175. The van der Waals surface area contributed by atoms with Crippen LogP contribution in [0.4, 0.5) is 13.2 Å². The van der Waals surface area contributed by atoms with Crippen molar-refractivity contribution in [2.24, 2.45) is 0 Å². The Hall–Kier alpha value is -1.56. The van der Waals surface area contributed by atoms with Crippen molar-refractivity contribution in [1.82, 2.24) is 5.48 Å². The van der Waals surface area contributed by atoms with Gasteiger partial charge in [0, 0.05) is 6.07 Å². The molecule has 0 aromatic heterocycles. The van der Waals surface area contributed by atoms with Crippen molar-refractivity contribution in [3.63, 3.8) is 0 Å². The fourth-order valence-corrected chi connectivity index (χ4v) is 0.781. The van der Waals surface area contributed by atoms with Gasteiger partial charge in [0.1, 0.15) is 5.82 Å². The highest BCUT2D eigenvalue weighted by atomic mass is 19.2. The molecule has 70 valence electrons. The third kappa shape index (κ3) is 1.78. The summed E-state index contributed by atoms with van der Waals surface area (Å²) in [4.78, 5) is 10.6. The SMILES string of the molecule is O=C(NO)c1cc(F)cc(F)c1F. The van der Waals surface area contributed by atoms with Crippen molar-refractivity contribution in [1.29, 1.82) is 0 Å². The topological polar surface area (TPSA) is 49.3 Å². The molecule has 0 saturated carbocycles. The molecule has 0 radical (unpaired) electrons. The number of carbonyl (C=O) groups is 1. The van der Waals surface area contributed by atoms with Crippen molar-refractivity contribution >= 4 is 5.91 Å².